The van der Waals surface area contributed by atoms with E-state index in [9.17, 15) is 4.79 Å². The summed E-state index contributed by atoms with van der Waals surface area (Å²) in [6.45, 7) is 4.27. The summed E-state index contributed by atoms with van der Waals surface area (Å²) in [7, 11) is 2.10. The minimum atomic E-state index is -0.0496. The molecule has 0 radical (unpaired) electrons. The molecule has 6 heteroatoms. The van der Waals surface area contributed by atoms with Crippen LogP contribution in [-0.4, -0.2) is 58.4 Å². The third-order valence-corrected chi connectivity index (χ3v) is 6.20. The summed E-state index contributed by atoms with van der Waals surface area (Å²) in [5.41, 5.74) is 2.39. The lowest BCUT2D eigenvalue weighted by Gasteiger charge is -2.33. The first-order valence-corrected chi connectivity index (χ1v) is 10.1. The van der Waals surface area contributed by atoms with Crippen molar-refractivity contribution in [3.8, 4) is 0 Å². The first-order chi connectivity index (χ1) is 13.7. The van der Waals surface area contributed by atoms with E-state index in [-0.39, 0.29) is 17.4 Å². The second-order valence-electron chi connectivity index (χ2n) is 8.30. The van der Waals surface area contributed by atoms with E-state index in [4.69, 9.17) is 0 Å². The van der Waals surface area contributed by atoms with Gasteiger partial charge in [0.25, 0.3) is 0 Å². The fraction of sp³-hybridized carbons (Fsp3) is 0.500. The Hall–Kier alpha value is -2.31. The second-order valence-corrected chi connectivity index (χ2v) is 8.30. The maximum absolute atomic E-state index is 13.6. The molecule has 1 spiro atoms. The van der Waals surface area contributed by atoms with E-state index in [1.807, 2.05) is 41.6 Å². The Balaban J connectivity index is 1.53. The normalized spacial score (nSPS) is 21.7. The lowest BCUT2D eigenvalue weighted by Crippen LogP contribution is -2.43. The fourth-order valence-corrected chi connectivity index (χ4v) is 4.71. The van der Waals surface area contributed by atoms with Gasteiger partial charge in [-0.2, -0.15) is 0 Å². The quantitative estimate of drug-likeness (QED) is 0.862. The smallest absolute Gasteiger partial charge is 0.240 e. The molecule has 2 aliphatic rings. The van der Waals surface area contributed by atoms with Gasteiger partial charge in [-0.15, -0.1) is 0 Å². The van der Waals surface area contributed by atoms with E-state index in [0.717, 1.165) is 50.0 Å². The second kappa shape index (κ2) is 8.37. The molecule has 4 heterocycles. The Kier molecular flexibility index (Phi) is 5.69. The van der Waals surface area contributed by atoms with Crippen LogP contribution in [0.2, 0.25) is 0 Å². The van der Waals surface area contributed by atoms with Gasteiger partial charge in [-0.1, -0.05) is 12.1 Å². The van der Waals surface area contributed by atoms with Crippen molar-refractivity contribution in [1.82, 2.24) is 25.1 Å². The summed E-state index contributed by atoms with van der Waals surface area (Å²) < 4.78 is 0. The molecule has 0 saturated carbocycles. The van der Waals surface area contributed by atoms with E-state index in [1.54, 1.807) is 12.4 Å². The predicted molar refractivity (Wildman–Crippen MR) is 108 cm³/mol. The minimum Gasteiger partial charge on any atom is -0.333 e. The van der Waals surface area contributed by atoms with Crippen molar-refractivity contribution in [2.45, 2.75) is 38.4 Å². The fourth-order valence-electron chi connectivity index (χ4n) is 4.71. The number of amides is 1. The van der Waals surface area contributed by atoms with Gasteiger partial charge >= 0.3 is 0 Å². The molecule has 2 aromatic heterocycles. The third kappa shape index (κ3) is 4.23. The van der Waals surface area contributed by atoms with E-state index in [1.165, 1.54) is 0 Å². The lowest BCUT2D eigenvalue weighted by atomic mass is 9.77. The van der Waals surface area contributed by atoms with Crippen molar-refractivity contribution < 1.29 is 4.79 Å². The molecule has 0 aliphatic carbocycles. The van der Waals surface area contributed by atoms with Crippen LogP contribution in [0.15, 0.2) is 49.1 Å². The van der Waals surface area contributed by atoms with Gasteiger partial charge in [0.05, 0.1) is 6.04 Å². The molecule has 2 aromatic rings. The number of likely N-dealkylation sites (tertiary alicyclic amines) is 1. The van der Waals surface area contributed by atoms with Crippen LogP contribution in [0, 0.1) is 5.41 Å². The van der Waals surface area contributed by atoms with Gasteiger partial charge in [-0.05, 0) is 68.1 Å². The average Bonchev–Trinajstić information content (AvgIpc) is 3.04. The maximum Gasteiger partial charge on any atom is 0.240 e. The number of pyridine rings is 2. The molecule has 6 nitrogen and oxygen atoms in total. The molecule has 0 unspecified atom stereocenters. The van der Waals surface area contributed by atoms with Crippen LogP contribution in [0.5, 0.6) is 0 Å². The van der Waals surface area contributed by atoms with Crippen LogP contribution >= 0.6 is 0 Å². The number of piperidine rings is 1. The van der Waals surface area contributed by atoms with Crippen molar-refractivity contribution in [1.29, 1.82) is 0 Å². The molecular weight excluding hydrogens is 350 g/mol. The van der Waals surface area contributed by atoms with E-state index in [2.05, 4.69) is 27.2 Å². The molecule has 28 heavy (non-hydrogen) atoms. The minimum absolute atomic E-state index is 0.0496. The highest BCUT2D eigenvalue weighted by Crippen LogP contribution is 2.41. The number of carbonyl (C=O) groups excluding carboxylic acids is 1. The standard InChI is InChI=1S/C22H29N5O/c1-26-17-22(6-10-23-11-7-22)12-20(26)21(28)27(15-18-4-2-8-24-13-18)16-19-5-3-9-25-14-19/h2-5,8-9,13-14,20,23H,6-7,10-12,15-17H2,1H3/t20-/m1/s1. The third-order valence-electron chi connectivity index (χ3n) is 6.20. The Bertz CT molecular complexity index is 735. The van der Waals surface area contributed by atoms with Gasteiger partial charge in [0, 0.05) is 44.4 Å². The molecule has 2 fully saturated rings. The molecule has 0 bridgehead atoms. The van der Waals surface area contributed by atoms with E-state index in [0.29, 0.717) is 13.1 Å². The van der Waals surface area contributed by atoms with Crippen molar-refractivity contribution >= 4 is 5.91 Å². The van der Waals surface area contributed by atoms with Gasteiger partial charge in [-0.3, -0.25) is 19.7 Å². The van der Waals surface area contributed by atoms with Crippen molar-refractivity contribution in [3.63, 3.8) is 0 Å². The average molecular weight is 380 g/mol. The highest BCUT2D eigenvalue weighted by atomic mass is 16.2. The summed E-state index contributed by atoms with van der Waals surface area (Å²) in [6, 6.07) is 7.86. The number of carbonyl (C=O) groups is 1. The molecule has 1 amide bonds. The maximum atomic E-state index is 13.6. The summed E-state index contributed by atoms with van der Waals surface area (Å²) in [6.07, 6.45) is 10.5. The highest BCUT2D eigenvalue weighted by Gasteiger charge is 2.46. The van der Waals surface area contributed by atoms with Crippen LogP contribution in [-0.2, 0) is 17.9 Å². The first kappa shape index (κ1) is 19.0. The molecular formula is C22H29N5O. The molecule has 4 rings (SSSR count). The zero-order valence-corrected chi connectivity index (χ0v) is 16.6. The van der Waals surface area contributed by atoms with Crippen LogP contribution in [0.1, 0.15) is 30.4 Å². The van der Waals surface area contributed by atoms with Crippen LogP contribution in [0.4, 0.5) is 0 Å². The van der Waals surface area contributed by atoms with Gasteiger partial charge in [0.1, 0.15) is 0 Å². The number of aromatic nitrogens is 2. The SMILES string of the molecule is CN1CC2(CCNCC2)C[C@@H]1C(=O)N(Cc1cccnc1)Cc1cccnc1. The topological polar surface area (TPSA) is 61.4 Å². The lowest BCUT2D eigenvalue weighted by molar-refractivity contribution is -0.137. The molecule has 148 valence electrons. The number of nitrogens with one attached hydrogen (secondary N) is 1. The summed E-state index contributed by atoms with van der Waals surface area (Å²) in [5, 5.41) is 3.46. The van der Waals surface area contributed by atoms with Crippen molar-refractivity contribution in [2.75, 3.05) is 26.7 Å². The van der Waals surface area contributed by atoms with Gasteiger partial charge in [0.2, 0.25) is 5.91 Å². The van der Waals surface area contributed by atoms with Gasteiger partial charge in [-0.25, -0.2) is 0 Å². The zero-order chi connectivity index (χ0) is 19.4. The Morgan fingerprint density at radius 1 is 1.14 bits per heavy atom. The Morgan fingerprint density at radius 3 is 2.29 bits per heavy atom. The van der Waals surface area contributed by atoms with Crippen LogP contribution < -0.4 is 5.32 Å². The number of nitrogens with zero attached hydrogens (tertiary/aromatic N) is 4. The highest BCUT2D eigenvalue weighted by molar-refractivity contribution is 5.82. The molecule has 0 aromatic carbocycles. The van der Waals surface area contributed by atoms with Crippen LogP contribution in [0.3, 0.4) is 0 Å². The van der Waals surface area contributed by atoms with Gasteiger partial charge < -0.3 is 10.2 Å². The summed E-state index contributed by atoms with van der Waals surface area (Å²) in [5.74, 6) is 0.214. The van der Waals surface area contributed by atoms with E-state index >= 15 is 0 Å². The van der Waals surface area contributed by atoms with Crippen molar-refractivity contribution in [2.24, 2.45) is 5.41 Å². The molecule has 2 saturated heterocycles. The molecule has 1 atom stereocenters. The summed E-state index contributed by atoms with van der Waals surface area (Å²) in [4.78, 5) is 26.3. The number of likely N-dealkylation sites (N-methyl/N-ethyl adjacent to an activating group) is 1. The number of hydrogen-bond donors (Lipinski definition) is 1. The molecule has 2 aliphatic heterocycles. The summed E-state index contributed by atoms with van der Waals surface area (Å²) >= 11 is 0. The first-order valence-electron chi connectivity index (χ1n) is 10.1. The Labute approximate surface area is 167 Å². The predicted octanol–water partition coefficient (Wildman–Crippen LogP) is 2.08. The van der Waals surface area contributed by atoms with Gasteiger partial charge in [0.15, 0.2) is 0 Å². The number of hydrogen-bond acceptors (Lipinski definition) is 5. The monoisotopic (exact) mass is 379 g/mol. The largest absolute Gasteiger partial charge is 0.333 e. The Morgan fingerprint density at radius 2 is 1.75 bits per heavy atom. The van der Waals surface area contributed by atoms with Crippen molar-refractivity contribution in [3.05, 3.63) is 60.2 Å². The van der Waals surface area contributed by atoms with Crippen LogP contribution in [0.25, 0.3) is 0 Å². The molecule has 1 N–H and O–H groups in total. The van der Waals surface area contributed by atoms with E-state index < -0.39 is 0 Å². The number of rotatable bonds is 5. The zero-order valence-electron chi connectivity index (χ0n) is 16.6.